The van der Waals surface area contributed by atoms with Gasteiger partial charge >= 0.3 is 0 Å². The summed E-state index contributed by atoms with van der Waals surface area (Å²) in [4.78, 5) is 11.6. The van der Waals surface area contributed by atoms with Crippen LogP contribution in [0.25, 0.3) is 0 Å². The van der Waals surface area contributed by atoms with Crippen LogP contribution < -0.4 is 5.32 Å². The van der Waals surface area contributed by atoms with Crippen molar-refractivity contribution in [3.05, 3.63) is 34.9 Å². The molecule has 20 heavy (non-hydrogen) atoms. The zero-order chi connectivity index (χ0) is 15.1. The first-order valence-corrected chi connectivity index (χ1v) is 5.84. The quantitative estimate of drug-likeness (QED) is 0.815. The van der Waals surface area contributed by atoms with Crippen molar-refractivity contribution in [2.24, 2.45) is 0 Å². The molecule has 0 fully saturated rings. The summed E-state index contributed by atoms with van der Waals surface area (Å²) in [6.07, 6.45) is -0.574. The van der Waals surface area contributed by atoms with Crippen LogP contribution in [0.15, 0.2) is 12.1 Å². The summed E-state index contributed by atoms with van der Waals surface area (Å²) in [5.74, 6) is -3.14. The van der Waals surface area contributed by atoms with E-state index in [0.717, 1.165) is 12.1 Å². The molecule has 0 radical (unpaired) electrons. The van der Waals surface area contributed by atoms with E-state index in [9.17, 15) is 18.7 Å². The summed E-state index contributed by atoms with van der Waals surface area (Å²) in [7, 11) is 1.42. The Balaban J connectivity index is 2.67. The molecule has 1 unspecified atom stereocenters. The van der Waals surface area contributed by atoms with Gasteiger partial charge in [0, 0.05) is 13.7 Å². The molecule has 0 saturated heterocycles. The minimum absolute atomic E-state index is 0.0439. The average molecular weight is 284 g/mol. The van der Waals surface area contributed by atoms with E-state index in [4.69, 9.17) is 10.00 Å². The highest BCUT2D eigenvalue weighted by Gasteiger charge is 2.18. The van der Waals surface area contributed by atoms with Crippen molar-refractivity contribution in [2.45, 2.75) is 12.5 Å². The normalized spacial score (nSPS) is 11.8. The minimum atomic E-state index is -1.10. The molecule has 0 aliphatic rings. The second-order valence-electron chi connectivity index (χ2n) is 4.08. The van der Waals surface area contributed by atoms with Gasteiger partial charge in [-0.3, -0.25) is 4.79 Å². The maximum absolute atomic E-state index is 13.5. The lowest BCUT2D eigenvalue weighted by Crippen LogP contribution is -2.29. The summed E-state index contributed by atoms with van der Waals surface area (Å²) >= 11 is 0. The Morgan fingerprint density at radius 2 is 2.10 bits per heavy atom. The van der Waals surface area contributed by atoms with Crippen LogP contribution in [0.5, 0.6) is 0 Å². The molecule has 0 aliphatic heterocycles. The van der Waals surface area contributed by atoms with Crippen molar-refractivity contribution in [3.63, 3.8) is 0 Å². The van der Waals surface area contributed by atoms with E-state index in [1.54, 1.807) is 6.07 Å². The summed E-state index contributed by atoms with van der Waals surface area (Å²) in [5, 5.41) is 20.2. The highest BCUT2D eigenvalue weighted by Crippen LogP contribution is 2.15. The van der Waals surface area contributed by atoms with Crippen molar-refractivity contribution in [3.8, 4) is 6.07 Å². The Labute approximate surface area is 114 Å². The van der Waals surface area contributed by atoms with Gasteiger partial charge in [0.1, 0.15) is 17.2 Å². The number of aliphatic hydroxyl groups excluding tert-OH is 1. The number of amides is 1. The number of carbonyl (C=O) groups excluding carboxylic acids is 1. The third-order valence-electron chi connectivity index (χ3n) is 2.52. The number of benzene rings is 1. The number of nitriles is 1. The van der Waals surface area contributed by atoms with E-state index in [-0.39, 0.29) is 25.1 Å². The predicted molar refractivity (Wildman–Crippen MR) is 65.9 cm³/mol. The molecule has 0 saturated carbocycles. The molecule has 2 N–H and O–H groups in total. The van der Waals surface area contributed by atoms with Crippen LogP contribution in [0.3, 0.4) is 0 Å². The third kappa shape index (κ3) is 4.26. The maximum Gasteiger partial charge on any atom is 0.257 e. The second-order valence-corrected chi connectivity index (χ2v) is 4.08. The lowest BCUT2D eigenvalue weighted by atomic mass is 10.1. The van der Waals surface area contributed by atoms with Gasteiger partial charge in [0.15, 0.2) is 0 Å². The van der Waals surface area contributed by atoms with Gasteiger partial charge in [-0.15, -0.1) is 0 Å². The van der Waals surface area contributed by atoms with Crippen molar-refractivity contribution >= 4 is 5.91 Å². The second kappa shape index (κ2) is 7.53. The zero-order valence-corrected chi connectivity index (χ0v) is 10.8. The van der Waals surface area contributed by atoms with Gasteiger partial charge in [0.05, 0.1) is 24.3 Å². The molecule has 0 bridgehead atoms. The molecular weight excluding hydrogens is 270 g/mol. The fourth-order valence-electron chi connectivity index (χ4n) is 1.57. The Bertz CT molecular complexity index is 506. The number of aliphatic hydroxyl groups is 1. The van der Waals surface area contributed by atoms with Gasteiger partial charge in [-0.1, -0.05) is 0 Å². The molecule has 0 spiro atoms. The summed E-state index contributed by atoms with van der Waals surface area (Å²) in [5.41, 5.74) is -0.947. The number of nitrogens with zero attached hydrogens (tertiary/aromatic N) is 1. The molecule has 0 aromatic heterocycles. The van der Waals surface area contributed by atoms with Gasteiger partial charge in [0.2, 0.25) is 0 Å². The molecular formula is C13H14F2N2O3. The van der Waals surface area contributed by atoms with Crippen molar-refractivity contribution < 1.29 is 23.4 Å². The molecule has 1 rings (SSSR count). The first kappa shape index (κ1) is 16.0. The molecule has 108 valence electrons. The lowest BCUT2D eigenvalue weighted by molar-refractivity contribution is 0.0587. The SMILES string of the molecule is COCC(O)CCNC(=O)c1c(F)cc(C#N)cc1F. The average Bonchev–Trinajstić information content (AvgIpc) is 2.38. The van der Waals surface area contributed by atoms with Gasteiger partial charge < -0.3 is 15.2 Å². The van der Waals surface area contributed by atoms with Gasteiger partial charge in [-0.2, -0.15) is 5.26 Å². The highest BCUT2D eigenvalue weighted by molar-refractivity contribution is 5.94. The summed E-state index contributed by atoms with van der Waals surface area (Å²) in [6, 6.07) is 3.17. The van der Waals surface area contributed by atoms with E-state index in [0.29, 0.717) is 0 Å². The fourth-order valence-corrected chi connectivity index (χ4v) is 1.57. The number of ether oxygens (including phenoxy) is 1. The van der Waals surface area contributed by atoms with Gasteiger partial charge in [-0.25, -0.2) is 8.78 Å². The number of methoxy groups -OCH3 is 1. The van der Waals surface area contributed by atoms with E-state index >= 15 is 0 Å². The van der Waals surface area contributed by atoms with Crippen LogP contribution >= 0.6 is 0 Å². The van der Waals surface area contributed by atoms with Crippen LogP contribution in [0.4, 0.5) is 8.78 Å². The summed E-state index contributed by atoms with van der Waals surface area (Å²) in [6.45, 7) is 0.150. The molecule has 1 aromatic rings. The third-order valence-corrected chi connectivity index (χ3v) is 2.52. The number of rotatable bonds is 6. The first-order valence-electron chi connectivity index (χ1n) is 5.84. The largest absolute Gasteiger partial charge is 0.391 e. The zero-order valence-electron chi connectivity index (χ0n) is 10.8. The van der Waals surface area contributed by atoms with E-state index in [1.165, 1.54) is 7.11 Å². The predicted octanol–water partition coefficient (Wildman–Crippen LogP) is 0.964. The van der Waals surface area contributed by atoms with Gasteiger partial charge in [-0.05, 0) is 18.6 Å². The van der Waals surface area contributed by atoms with Crippen molar-refractivity contribution in [1.82, 2.24) is 5.32 Å². The van der Waals surface area contributed by atoms with Crippen LogP contribution in [0.2, 0.25) is 0 Å². The molecule has 0 heterocycles. The molecule has 1 atom stereocenters. The molecule has 7 heteroatoms. The standard InChI is InChI=1S/C13H14F2N2O3/c1-20-7-9(18)2-3-17-13(19)12-10(14)4-8(6-16)5-11(12)15/h4-5,9,18H,2-3,7H2,1H3,(H,17,19). The Morgan fingerprint density at radius 1 is 1.50 bits per heavy atom. The monoisotopic (exact) mass is 284 g/mol. The van der Waals surface area contributed by atoms with E-state index in [2.05, 4.69) is 5.32 Å². The van der Waals surface area contributed by atoms with Crippen LogP contribution in [-0.2, 0) is 4.74 Å². The number of hydrogen-bond acceptors (Lipinski definition) is 4. The summed E-state index contributed by atoms with van der Waals surface area (Å²) < 4.78 is 31.8. The molecule has 1 amide bonds. The highest BCUT2D eigenvalue weighted by atomic mass is 19.1. The smallest absolute Gasteiger partial charge is 0.257 e. The number of halogens is 2. The Hall–Kier alpha value is -2.04. The minimum Gasteiger partial charge on any atom is -0.391 e. The first-order chi connectivity index (χ1) is 9.49. The van der Waals surface area contributed by atoms with Crippen molar-refractivity contribution in [1.29, 1.82) is 5.26 Å². The number of nitrogens with one attached hydrogen (secondary N) is 1. The van der Waals surface area contributed by atoms with Gasteiger partial charge in [0.25, 0.3) is 5.91 Å². The molecule has 5 nitrogen and oxygen atoms in total. The number of carbonyl (C=O) groups is 1. The van der Waals surface area contributed by atoms with Crippen LogP contribution in [0, 0.1) is 23.0 Å². The lowest BCUT2D eigenvalue weighted by Gasteiger charge is -2.11. The molecule has 0 aliphatic carbocycles. The Kier molecular flexibility index (Phi) is 6.03. The Morgan fingerprint density at radius 3 is 2.60 bits per heavy atom. The van der Waals surface area contributed by atoms with E-state index < -0.39 is 29.2 Å². The van der Waals surface area contributed by atoms with Crippen molar-refractivity contribution in [2.75, 3.05) is 20.3 Å². The van der Waals surface area contributed by atoms with Crippen LogP contribution in [0.1, 0.15) is 22.3 Å². The number of hydrogen-bond donors (Lipinski definition) is 2. The van der Waals surface area contributed by atoms with E-state index in [1.807, 2.05) is 0 Å². The topological polar surface area (TPSA) is 82.3 Å². The molecule has 1 aromatic carbocycles. The van der Waals surface area contributed by atoms with Crippen LogP contribution in [-0.4, -0.2) is 37.4 Å². The maximum atomic E-state index is 13.5. The fraction of sp³-hybridized carbons (Fsp3) is 0.385.